The first-order valence-electron chi connectivity index (χ1n) is 10.8. The highest BCUT2D eigenvalue weighted by Gasteiger charge is 2.38. The zero-order valence-corrected chi connectivity index (χ0v) is 18.7. The monoisotopic (exact) mass is 488 g/mol. The quantitative estimate of drug-likeness (QED) is 0.407. The molecule has 1 saturated heterocycles. The van der Waals surface area contributed by atoms with Gasteiger partial charge in [-0.05, 0) is 44.2 Å². The molecule has 35 heavy (non-hydrogen) atoms. The molecule has 0 spiro atoms. The normalized spacial score (nSPS) is 18.7. The van der Waals surface area contributed by atoms with Crippen LogP contribution >= 0.6 is 0 Å². The third-order valence-electron chi connectivity index (χ3n) is 5.84. The van der Waals surface area contributed by atoms with Crippen LogP contribution in [-0.4, -0.2) is 67.3 Å². The average molecular weight is 488 g/mol. The van der Waals surface area contributed by atoms with Crippen molar-refractivity contribution in [2.24, 2.45) is 0 Å². The number of carbonyl (C=O) groups excluding carboxylic acids is 1. The number of amides is 1. The van der Waals surface area contributed by atoms with E-state index in [4.69, 9.17) is 14.9 Å². The van der Waals surface area contributed by atoms with Crippen LogP contribution < -0.4 is 5.32 Å². The molecule has 0 bridgehead atoms. The number of carboxylic acids is 1. The second-order valence-corrected chi connectivity index (χ2v) is 8.22. The number of benzene rings is 1. The first-order chi connectivity index (χ1) is 16.6. The number of aliphatic carboxylic acids is 1. The zero-order chi connectivity index (χ0) is 25.2. The molecule has 184 valence electrons. The number of nitrogens with zero attached hydrogens (tertiary/aromatic N) is 4. The predicted octanol–water partition coefficient (Wildman–Crippen LogP) is 3.41. The third-order valence-corrected chi connectivity index (χ3v) is 5.84. The fourth-order valence-corrected chi connectivity index (χ4v) is 4.04. The summed E-state index contributed by atoms with van der Waals surface area (Å²) in [6, 6.07) is 14.0. The number of H-pyrrole nitrogens is 1. The Hall–Kier alpha value is -3.93. The average Bonchev–Trinajstić information content (AvgIpc) is 3.44. The number of pyridine rings is 1. The molecule has 5 rings (SSSR count). The zero-order valence-electron chi connectivity index (χ0n) is 18.7. The van der Waals surface area contributed by atoms with E-state index >= 15 is 0 Å². The Labute approximate surface area is 197 Å². The summed E-state index contributed by atoms with van der Waals surface area (Å²) in [5, 5.41) is 14.6. The number of para-hydroxylation sites is 2. The lowest BCUT2D eigenvalue weighted by molar-refractivity contribution is -0.192. The van der Waals surface area contributed by atoms with Gasteiger partial charge >= 0.3 is 12.1 Å². The number of halogens is 3. The molecule has 1 fully saturated rings. The lowest BCUT2D eigenvalue weighted by atomic mass is 9.97. The summed E-state index contributed by atoms with van der Waals surface area (Å²) >= 11 is 0. The van der Waals surface area contributed by atoms with E-state index in [9.17, 15) is 18.0 Å². The lowest BCUT2D eigenvalue weighted by Crippen LogP contribution is -2.45. The van der Waals surface area contributed by atoms with Crippen LogP contribution in [0.25, 0.3) is 16.6 Å². The molecule has 2 atom stereocenters. The summed E-state index contributed by atoms with van der Waals surface area (Å²) in [6.07, 6.45) is 0.134. The van der Waals surface area contributed by atoms with E-state index in [0.29, 0.717) is 5.56 Å². The number of imidazole rings is 1. The Balaban J connectivity index is 0.000000364. The molecule has 1 amide bonds. The minimum absolute atomic E-state index is 0.0703. The van der Waals surface area contributed by atoms with E-state index < -0.39 is 12.1 Å². The van der Waals surface area contributed by atoms with Crippen molar-refractivity contribution in [3.8, 4) is 0 Å². The molecule has 3 aromatic heterocycles. The van der Waals surface area contributed by atoms with Crippen LogP contribution in [0.2, 0.25) is 0 Å². The molecule has 1 aliphatic heterocycles. The Morgan fingerprint density at radius 1 is 1.17 bits per heavy atom. The molecule has 0 unspecified atom stereocenters. The van der Waals surface area contributed by atoms with Gasteiger partial charge in [0.2, 0.25) is 0 Å². The van der Waals surface area contributed by atoms with Crippen LogP contribution in [0.4, 0.5) is 13.2 Å². The Morgan fingerprint density at radius 3 is 2.60 bits per heavy atom. The molecule has 0 saturated carbocycles. The maximum Gasteiger partial charge on any atom is 0.490 e. The number of aromatic amines is 1. The Morgan fingerprint density at radius 2 is 1.89 bits per heavy atom. The molecule has 3 N–H and O–H groups in total. The van der Waals surface area contributed by atoms with Gasteiger partial charge in [-0.3, -0.25) is 9.69 Å². The van der Waals surface area contributed by atoms with Crippen LogP contribution in [0.1, 0.15) is 35.1 Å². The van der Waals surface area contributed by atoms with Crippen LogP contribution in [0.5, 0.6) is 0 Å². The summed E-state index contributed by atoms with van der Waals surface area (Å²) in [4.78, 5) is 32.3. The summed E-state index contributed by atoms with van der Waals surface area (Å²) in [7, 11) is 2.11. The molecule has 0 aliphatic carbocycles. The number of hydrogen-bond donors (Lipinski definition) is 3. The molecule has 0 radical (unpaired) electrons. The molecule has 4 heterocycles. The highest BCUT2D eigenvalue weighted by atomic mass is 19.4. The van der Waals surface area contributed by atoms with Crippen molar-refractivity contribution in [2.75, 3.05) is 13.6 Å². The SMILES string of the molecule is CN1CC[C@@H](NC(=O)c2cnn3ccccc23)C[C@@H]1c1nc2ccccc2[nH]1.O=C(O)C(F)(F)F. The van der Waals surface area contributed by atoms with E-state index in [1.54, 1.807) is 10.7 Å². The van der Waals surface area contributed by atoms with Crippen molar-refractivity contribution in [3.05, 3.63) is 66.2 Å². The van der Waals surface area contributed by atoms with Gasteiger partial charge in [-0.15, -0.1) is 0 Å². The van der Waals surface area contributed by atoms with Gasteiger partial charge in [-0.1, -0.05) is 18.2 Å². The molecular weight excluding hydrogens is 465 g/mol. The van der Waals surface area contributed by atoms with E-state index in [1.807, 2.05) is 48.7 Å². The van der Waals surface area contributed by atoms with Crippen LogP contribution in [0.3, 0.4) is 0 Å². The predicted molar refractivity (Wildman–Crippen MR) is 121 cm³/mol. The Bertz CT molecular complexity index is 1320. The number of nitrogens with one attached hydrogen (secondary N) is 2. The Kier molecular flexibility index (Phi) is 6.74. The molecule has 1 aliphatic rings. The van der Waals surface area contributed by atoms with Gasteiger partial charge in [-0.25, -0.2) is 14.3 Å². The van der Waals surface area contributed by atoms with Crippen LogP contribution in [0, 0.1) is 0 Å². The van der Waals surface area contributed by atoms with Crippen LogP contribution in [-0.2, 0) is 4.79 Å². The number of hydrogen-bond acceptors (Lipinski definition) is 5. The van der Waals surface area contributed by atoms with Crippen molar-refractivity contribution in [3.63, 3.8) is 0 Å². The first kappa shape index (κ1) is 24.2. The largest absolute Gasteiger partial charge is 0.490 e. The molecule has 12 heteroatoms. The lowest BCUT2D eigenvalue weighted by Gasteiger charge is -2.36. The third kappa shape index (κ3) is 5.43. The molecular formula is C23H23F3N6O3. The van der Waals surface area contributed by atoms with Gasteiger partial charge in [0.25, 0.3) is 5.91 Å². The molecule has 1 aromatic carbocycles. The van der Waals surface area contributed by atoms with Crippen molar-refractivity contribution in [1.82, 2.24) is 29.8 Å². The summed E-state index contributed by atoms with van der Waals surface area (Å²) < 4.78 is 33.5. The number of aromatic nitrogens is 4. The molecule has 9 nitrogen and oxygen atoms in total. The van der Waals surface area contributed by atoms with Gasteiger partial charge in [0.05, 0.1) is 34.4 Å². The van der Waals surface area contributed by atoms with E-state index in [1.165, 1.54) is 0 Å². The van der Waals surface area contributed by atoms with Gasteiger partial charge in [-0.2, -0.15) is 18.3 Å². The van der Waals surface area contributed by atoms with Gasteiger partial charge in [0, 0.05) is 18.8 Å². The fraction of sp³-hybridized carbons (Fsp3) is 0.304. The topological polar surface area (TPSA) is 116 Å². The summed E-state index contributed by atoms with van der Waals surface area (Å²) in [5.41, 5.74) is 3.45. The first-order valence-corrected chi connectivity index (χ1v) is 10.8. The second-order valence-electron chi connectivity index (χ2n) is 8.22. The smallest absolute Gasteiger partial charge is 0.475 e. The van der Waals surface area contributed by atoms with E-state index in [0.717, 1.165) is 41.8 Å². The van der Waals surface area contributed by atoms with Gasteiger partial charge in [0.1, 0.15) is 5.82 Å². The minimum Gasteiger partial charge on any atom is -0.475 e. The van der Waals surface area contributed by atoms with Crippen molar-refractivity contribution in [2.45, 2.75) is 31.1 Å². The number of alkyl halides is 3. The maximum absolute atomic E-state index is 12.9. The second kappa shape index (κ2) is 9.74. The van der Waals surface area contributed by atoms with E-state index in [2.05, 4.69) is 27.3 Å². The summed E-state index contributed by atoms with van der Waals surface area (Å²) in [6.45, 7) is 0.904. The molecule has 4 aromatic rings. The van der Waals surface area contributed by atoms with Crippen molar-refractivity contribution in [1.29, 1.82) is 0 Å². The van der Waals surface area contributed by atoms with Crippen molar-refractivity contribution >= 4 is 28.4 Å². The van der Waals surface area contributed by atoms with Crippen LogP contribution in [0.15, 0.2) is 54.9 Å². The highest BCUT2D eigenvalue weighted by Crippen LogP contribution is 2.29. The minimum atomic E-state index is -5.08. The number of rotatable bonds is 3. The number of fused-ring (bicyclic) bond motifs is 2. The number of carboxylic acid groups (broad SMARTS) is 1. The summed E-state index contributed by atoms with van der Waals surface area (Å²) in [5.74, 6) is -1.87. The highest BCUT2D eigenvalue weighted by molar-refractivity contribution is 6.00. The maximum atomic E-state index is 12.9. The fourth-order valence-electron chi connectivity index (χ4n) is 4.04. The van der Waals surface area contributed by atoms with Gasteiger partial charge < -0.3 is 15.4 Å². The number of likely N-dealkylation sites (tertiary alicyclic amines) is 1. The number of carbonyl (C=O) groups is 2. The van der Waals surface area contributed by atoms with Gasteiger partial charge in [0.15, 0.2) is 0 Å². The van der Waals surface area contributed by atoms with Crippen molar-refractivity contribution < 1.29 is 27.9 Å². The standard InChI is InChI=1S/C21H22N6O.C2HF3O2/c1-26-11-9-14(12-19(26)20-24-16-6-2-3-7-17(16)25-20)23-21(28)15-13-22-27-10-5-4-8-18(15)27;3-2(4,5)1(6)7/h2-8,10,13-14,19H,9,11-12H2,1H3,(H,23,28)(H,24,25);(H,6,7)/t14-,19-;/m1./s1. The number of piperidine rings is 1. The van der Waals surface area contributed by atoms with E-state index in [-0.39, 0.29) is 18.0 Å².